The van der Waals surface area contributed by atoms with Gasteiger partial charge in [-0.15, -0.1) is 0 Å². The van der Waals surface area contributed by atoms with Crippen molar-refractivity contribution in [3.63, 3.8) is 0 Å². The van der Waals surface area contributed by atoms with Gasteiger partial charge in [0.2, 0.25) is 5.91 Å². The van der Waals surface area contributed by atoms with Gasteiger partial charge in [0.25, 0.3) is 0 Å². The number of carbonyl (C=O) groups excluding carboxylic acids is 1. The predicted molar refractivity (Wildman–Crippen MR) is 134 cm³/mol. The quantitative estimate of drug-likeness (QED) is 0.527. The zero-order valence-corrected chi connectivity index (χ0v) is 20.8. The maximum atomic E-state index is 12.8. The highest BCUT2D eigenvalue weighted by Gasteiger charge is 2.30. The van der Waals surface area contributed by atoms with E-state index in [1.807, 2.05) is 17.0 Å². The fourth-order valence-electron chi connectivity index (χ4n) is 4.60. The first-order valence-electron chi connectivity index (χ1n) is 11.8. The molecule has 10 heteroatoms. The summed E-state index contributed by atoms with van der Waals surface area (Å²) in [5.41, 5.74) is 1.10. The Balaban J connectivity index is 1.16. The van der Waals surface area contributed by atoms with E-state index in [0.29, 0.717) is 23.0 Å². The number of piperazine rings is 1. The minimum atomic E-state index is -4.32. The molecule has 190 valence electrons. The van der Waals surface area contributed by atoms with Gasteiger partial charge in [-0.3, -0.25) is 9.69 Å². The van der Waals surface area contributed by atoms with Crippen LogP contribution in [0.2, 0.25) is 10.0 Å². The molecule has 1 N–H and O–H groups in total. The Kier molecular flexibility index (Phi) is 8.34. The maximum Gasteiger partial charge on any atom is 0.416 e. The number of nitrogens with zero attached hydrogens (tertiary/aromatic N) is 3. The van der Waals surface area contributed by atoms with Crippen LogP contribution in [0.25, 0.3) is 0 Å². The van der Waals surface area contributed by atoms with E-state index in [9.17, 15) is 18.0 Å². The summed E-state index contributed by atoms with van der Waals surface area (Å²) in [5, 5.41) is 4.51. The van der Waals surface area contributed by atoms with Gasteiger partial charge < -0.3 is 15.1 Å². The molecule has 5 nitrogen and oxygen atoms in total. The first-order chi connectivity index (χ1) is 16.7. The van der Waals surface area contributed by atoms with Crippen molar-refractivity contribution in [2.24, 2.45) is 0 Å². The number of alkyl halides is 3. The predicted octanol–water partition coefficient (Wildman–Crippen LogP) is 5.63. The zero-order valence-electron chi connectivity index (χ0n) is 19.3. The second-order valence-electron chi connectivity index (χ2n) is 9.05. The van der Waals surface area contributed by atoms with Gasteiger partial charge in [0.15, 0.2) is 0 Å². The van der Waals surface area contributed by atoms with Crippen LogP contribution >= 0.6 is 23.2 Å². The summed E-state index contributed by atoms with van der Waals surface area (Å²) in [6, 6.07) is 11.1. The number of piperidine rings is 1. The number of benzene rings is 2. The van der Waals surface area contributed by atoms with Crippen molar-refractivity contribution in [3.05, 3.63) is 58.1 Å². The average Bonchev–Trinajstić information content (AvgIpc) is 2.85. The van der Waals surface area contributed by atoms with E-state index in [1.54, 1.807) is 6.07 Å². The van der Waals surface area contributed by atoms with Gasteiger partial charge in [-0.1, -0.05) is 23.2 Å². The standard InChI is InChI=1S/C25H29Cl2F3N4O/c26-22-6-3-20(17-23(22)27)31-19-7-11-34(12-8-19)24(35)9-10-32-13-15-33(16-14-32)21-4-1-18(2-5-21)25(28,29)30/h1-6,17,19,31H,7-16H2. The molecule has 0 aromatic heterocycles. The van der Waals surface area contributed by atoms with Gasteiger partial charge in [0.05, 0.1) is 15.6 Å². The molecule has 0 unspecified atom stereocenters. The lowest BCUT2D eigenvalue weighted by atomic mass is 10.0. The fraction of sp³-hybridized carbons (Fsp3) is 0.480. The maximum absolute atomic E-state index is 12.8. The number of rotatable bonds is 6. The third kappa shape index (κ3) is 6.96. The van der Waals surface area contributed by atoms with Gasteiger partial charge in [-0.05, 0) is 55.3 Å². The van der Waals surface area contributed by atoms with E-state index in [0.717, 1.165) is 75.6 Å². The lowest BCUT2D eigenvalue weighted by molar-refractivity contribution is -0.137. The third-order valence-electron chi connectivity index (χ3n) is 6.71. The summed E-state index contributed by atoms with van der Waals surface area (Å²) in [6.07, 6.45) is -2.10. The first-order valence-corrected chi connectivity index (χ1v) is 12.6. The van der Waals surface area contributed by atoms with Crippen LogP contribution in [0.1, 0.15) is 24.8 Å². The van der Waals surface area contributed by atoms with E-state index in [-0.39, 0.29) is 11.9 Å². The van der Waals surface area contributed by atoms with Crippen molar-refractivity contribution in [1.82, 2.24) is 9.80 Å². The zero-order chi connectivity index (χ0) is 25.0. The number of halogens is 5. The summed E-state index contributed by atoms with van der Waals surface area (Å²) in [6.45, 7) is 5.16. The molecular weight excluding hydrogens is 500 g/mol. The molecule has 0 atom stereocenters. The van der Waals surface area contributed by atoms with Crippen molar-refractivity contribution < 1.29 is 18.0 Å². The molecule has 0 spiro atoms. The number of carbonyl (C=O) groups is 1. The van der Waals surface area contributed by atoms with Gasteiger partial charge in [-0.2, -0.15) is 13.2 Å². The Morgan fingerprint density at radius 1 is 0.914 bits per heavy atom. The first kappa shape index (κ1) is 25.9. The number of hydrogen-bond acceptors (Lipinski definition) is 4. The Labute approximate surface area is 213 Å². The van der Waals surface area contributed by atoms with Gasteiger partial charge in [0, 0.05) is 69.7 Å². The molecule has 1 amide bonds. The van der Waals surface area contributed by atoms with E-state index in [2.05, 4.69) is 15.1 Å². The molecule has 2 fully saturated rings. The molecule has 2 aromatic carbocycles. The lowest BCUT2D eigenvalue weighted by Gasteiger charge is -2.37. The van der Waals surface area contributed by atoms with Crippen LogP contribution < -0.4 is 10.2 Å². The molecular formula is C25H29Cl2F3N4O. The van der Waals surface area contributed by atoms with Crippen LogP contribution in [-0.4, -0.2) is 67.6 Å². The molecule has 0 saturated carbocycles. The van der Waals surface area contributed by atoms with E-state index in [4.69, 9.17) is 23.2 Å². The highest BCUT2D eigenvalue weighted by atomic mass is 35.5. The van der Waals surface area contributed by atoms with Crippen LogP contribution in [0.5, 0.6) is 0 Å². The van der Waals surface area contributed by atoms with Crippen LogP contribution in [0.3, 0.4) is 0 Å². The number of likely N-dealkylation sites (tertiary alicyclic amines) is 1. The number of nitrogens with one attached hydrogen (secondary N) is 1. The number of hydrogen-bond donors (Lipinski definition) is 1. The second-order valence-corrected chi connectivity index (χ2v) is 9.87. The minimum Gasteiger partial charge on any atom is -0.382 e. The van der Waals surface area contributed by atoms with Crippen molar-refractivity contribution in [2.75, 3.05) is 56.0 Å². The summed E-state index contributed by atoms with van der Waals surface area (Å²) in [7, 11) is 0. The molecule has 2 saturated heterocycles. The summed E-state index contributed by atoms with van der Waals surface area (Å²) in [4.78, 5) is 19.0. The van der Waals surface area contributed by atoms with Crippen LogP contribution in [-0.2, 0) is 11.0 Å². The van der Waals surface area contributed by atoms with Gasteiger partial charge in [0.1, 0.15) is 0 Å². The summed E-state index contributed by atoms with van der Waals surface area (Å²) < 4.78 is 38.3. The second kappa shape index (κ2) is 11.3. The Bertz CT molecular complexity index is 1000. The van der Waals surface area contributed by atoms with Gasteiger partial charge in [-0.25, -0.2) is 0 Å². The Hall–Kier alpha value is -2.16. The molecule has 0 radical (unpaired) electrons. The average molecular weight is 529 g/mol. The van der Waals surface area contributed by atoms with E-state index < -0.39 is 11.7 Å². The number of anilines is 2. The van der Waals surface area contributed by atoms with Gasteiger partial charge >= 0.3 is 6.18 Å². The van der Waals surface area contributed by atoms with Crippen LogP contribution in [0.15, 0.2) is 42.5 Å². The van der Waals surface area contributed by atoms with Crippen molar-refractivity contribution in [1.29, 1.82) is 0 Å². The van der Waals surface area contributed by atoms with Crippen molar-refractivity contribution in [3.8, 4) is 0 Å². The molecule has 0 bridgehead atoms. The molecule has 2 aliphatic rings. The lowest BCUT2D eigenvalue weighted by Crippen LogP contribution is -2.48. The molecule has 35 heavy (non-hydrogen) atoms. The van der Waals surface area contributed by atoms with E-state index in [1.165, 1.54) is 12.1 Å². The normalized spacial score (nSPS) is 18.1. The molecule has 0 aliphatic carbocycles. The van der Waals surface area contributed by atoms with Crippen molar-refractivity contribution >= 4 is 40.5 Å². The highest BCUT2D eigenvalue weighted by Crippen LogP contribution is 2.31. The number of amides is 1. The third-order valence-corrected chi connectivity index (χ3v) is 7.45. The molecule has 4 rings (SSSR count). The summed E-state index contributed by atoms with van der Waals surface area (Å²) >= 11 is 12.1. The smallest absolute Gasteiger partial charge is 0.382 e. The fourth-order valence-corrected chi connectivity index (χ4v) is 4.90. The molecule has 2 aliphatic heterocycles. The monoisotopic (exact) mass is 528 g/mol. The van der Waals surface area contributed by atoms with Crippen LogP contribution in [0.4, 0.5) is 24.5 Å². The van der Waals surface area contributed by atoms with Crippen molar-refractivity contribution in [2.45, 2.75) is 31.5 Å². The molecule has 2 heterocycles. The van der Waals surface area contributed by atoms with E-state index >= 15 is 0 Å². The topological polar surface area (TPSA) is 38.8 Å². The SMILES string of the molecule is O=C(CCN1CCN(c2ccc(C(F)(F)F)cc2)CC1)N1CCC(Nc2ccc(Cl)c(Cl)c2)CC1. The molecule has 2 aromatic rings. The summed E-state index contributed by atoms with van der Waals surface area (Å²) in [5.74, 6) is 0.170. The minimum absolute atomic E-state index is 0.170. The Morgan fingerprint density at radius 3 is 2.17 bits per heavy atom. The van der Waals surface area contributed by atoms with Crippen LogP contribution in [0, 0.1) is 0 Å². The Morgan fingerprint density at radius 2 is 1.57 bits per heavy atom. The highest BCUT2D eigenvalue weighted by molar-refractivity contribution is 6.42. The largest absolute Gasteiger partial charge is 0.416 e.